The first-order valence-electron chi connectivity index (χ1n) is 8.19. The van der Waals surface area contributed by atoms with Gasteiger partial charge in [-0.1, -0.05) is 24.3 Å². The topological polar surface area (TPSA) is 37.7 Å². The molecule has 0 aliphatic carbocycles. The Balaban J connectivity index is 1.89. The van der Waals surface area contributed by atoms with Crippen LogP contribution in [0.1, 0.15) is 17.2 Å². The van der Waals surface area contributed by atoms with Gasteiger partial charge in [0.2, 0.25) is 0 Å². The number of halogens is 1. The number of rotatable bonds is 7. The zero-order valence-electron chi connectivity index (χ0n) is 14.8. The SMILES string of the molecule is COc1cccc([C@@H](CNC(=S)NCc2ccc(F)cc2)[NH+](C)C)c1. The average Bonchev–Trinajstić information content (AvgIpc) is 2.61. The minimum absolute atomic E-state index is 0.237. The van der Waals surface area contributed by atoms with Crippen LogP contribution in [0.3, 0.4) is 0 Å². The van der Waals surface area contributed by atoms with Crippen LogP contribution in [0.5, 0.6) is 5.75 Å². The molecule has 1 atom stereocenters. The number of methoxy groups -OCH3 is 1. The number of thiocarbonyl (C=S) groups is 1. The summed E-state index contributed by atoms with van der Waals surface area (Å²) < 4.78 is 18.2. The molecule has 0 aromatic heterocycles. The molecular formula is C19H25FN3OS+. The van der Waals surface area contributed by atoms with Crippen molar-refractivity contribution in [3.05, 3.63) is 65.5 Å². The van der Waals surface area contributed by atoms with Crippen molar-refractivity contribution >= 4 is 17.3 Å². The second-order valence-corrected chi connectivity index (χ2v) is 6.50. The Morgan fingerprint density at radius 1 is 1.16 bits per heavy atom. The Labute approximate surface area is 154 Å². The van der Waals surface area contributed by atoms with Crippen LogP contribution >= 0.6 is 12.2 Å². The smallest absolute Gasteiger partial charge is 0.166 e. The van der Waals surface area contributed by atoms with Crippen molar-refractivity contribution in [2.24, 2.45) is 0 Å². The summed E-state index contributed by atoms with van der Waals surface area (Å²) >= 11 is 5.35. The van der Waals surface area contributed by atoms with Gasteiger partial charge in [0.15, 0.2) is 5.11 Å². The second kappa shape index (κ2) is 9.34. The Kier molecular flexibility index (Phi) is 7.16. The first-order chi connectivity index (χ1) is 12.0. The van der Waals surface area contributed by atoms with Crippen molar-refractivity contribution in [2.45, 2.75) is 12.6 Å². The molecule has 0 spiro atoms. The number of benzene rings is 2. The molecular weight excluding hydrogens is 337 g/mol. The van der Waals surface area contributed by atoms with Crippen LogP contribution in [-0.2, 0) is 6.54 Å². The Bertz CT molecular complexity index is 691. The summed E-state index contributed by atoms with van der Waals surface area (Å²) in [5, 5.41) is 7.00. The molecule has 0 bridgehead atoms. The highest BCUT2D eigenvalue weighted by molar-refractivity contribution is 7.80. The third-order valence-corrected chi connectivity index (χ3v) is 4.31. The van der Waals surface area contributed by atoms with E-state index in [9.17, 15) is 4.39 Å². The number of hydrogen-bond donors (Lipinski definition) is 3. The monoisotopic (exact) mass is 362 g/mol. The third kappa shape index (κ3) is 5.99. The summed E-state index contributed by atoms with van der Waals surface area (Å²) in [5.41, 5.74) is 2.17. The molecule has 134 valence electrons. The number of nitrogens with one attached hydrogen (secondary N) is 3. The van der Waals surface area contributed by atoms with Crippen molar-refractivity contribution in [1.82, 2.24) is 10.6 Å². The molecule has 2 rings (SSSR count). The van der Waals surface area contributed by atoms with Crippen LogP contribution in [-0.4, -0.2) is 32.9 Å². The van der Waals surface area contributed by atoms with Crippen LogP contribution in [0.15, 0.2) is 48.5 Å². The van der Waals surface area contributed by atoms with E-state index >= 15 is 0 Å². The lowest BCUT2D eigenvalue weighted by atomic mass is 10.1. The fraction of sp³-hybridized carbons (Fsp3) is 0.316. The van der Waals surface area contributed by atoms with Gasteiger partial charge in [-0.25, -0.2) is 4.39 Å². The maximum atomic E-state index is 12.9. The van der Waals surface area contributed by atoms with Gasteiger partial charge in [-0.2, -0.15) is 0 Å². The van der Waals surface area contributed by atoms with E-state index in [2.05, 4.69) is 30.8 Å². The van der Waals surface area contributed by atoms with Crippen LogP contribution in [0, 0.1) is 5.82 Å². The maximum absolute atomic E-state index is 12.9. The standard InChI is InChI=1S/C19H24FN3OS/c1-23(2)18(15-5-4-6-17(11-15)24-3)13-22-19(25)21-12-14-7-9-16(20)10-8-14/h4-11,18H,12-13H2,1-3H3,(H2,21,22,25)/p+1/t18-/m1/s1. The van der Waals surface area contributed by atoms with Gasteiger partial charge < -0.3 is 20.3 Å². The van der Waals surface area contributed by atoms with Crippen LogP contribution < -0.4 is 20.3 Å². The Hall–Kier alpha value is -2.18. The molecule has 2 aromatic rings. The number of likely N-dealkylation sites (N-methyl/N-ethyl adjacent to an activating group) is 1. The van der Waals surface area contributed by atoms with E-state index in [1.165, 1.54) is 22.6 Å². The molecule has 4 nitrogen and oxygen atoms in total. The quantitative estimate of drug-likeness (QED) is 0.656. The van der Waals surface area contributed by atoms with E-state index in [4.69, 9.17) is 17.0 Å². The van der Waals surface area contributed by atoms with Gasteiger partial charge in [0.1, 0.15) is 17.6 Å². The summed E-state index contributed by atoms with van der Waals surface area (Å²) in [6.45, 7) is 1.26. The molecule has 0 saturated carbocycles. The fourth-order valence-electron chi connectivity index (χ4n) is 2.56. The molecule has 0 aliphatic rings. The number of ether oxygens (including phenoxy) is 1. The first kappa shape index (κ1) is 19.1. The summed E-state index contributed by atoms with van der Waals surface area (Å²) in [6, 6.07) is 14.7. The van der Waals surface area contributed by atoms with Crippen molar-refractivity contribution < 1.29 is 14.0 Å². The lowest BCUT2D eigenvalue weighted by molar-refractivity contribution is -0.890. The Morgan fingerprint density at radius 2 is 1.88 bits per heavy atom. The van der Waals surface area contributed by atoms with E-state index in [1.807, 2.05) is 18.2 Å². The normalized spacial score (nSPS) is 11.9. The number of quaternary nitrogens is 1. The molecule has 25 heavy (non-hydrogen) atoms. The van der Waals surface area contributed by atoms with Gasteiger partial charge in [0, 0.05) is 12.1 Å². The van der Waals surface area contributed by atoms with E-state index in [0.717, 1.165) is 11.3 Å². The van der Waals surface area contributed by atoms with Gasteiger partial charge in [-0.15, -0.1) is 0 Å². The predicted molar refractivity (Wildman–Crippen MR) is 102 cm³/mol. The molecule has 0 heterocycles. The van der Waals surface area contributed by atoms with Crippen molar-refractivity contribution in [3.63, 3.8) is 0 Å². The van der Waals surface area contributed by atoms with Crippen LogP contribution in [0.2, 0.25) is 0 Å². The molecule has 6 heteroatoms. The van der Waals surface area contributed by atoms with E-state index in [1.54, 1.807) is 19.2 Å². The average molecular weight is 362 g/mol. The van der Waals surface area contributed by atoms with E-state index < -0.39 is 0 Å². The third-order valence-electron chi connectivity index (χ3n) is 4.03. The first-order valence-corrected chi connectivity index (χ1v) is 8.60. The largest absolute Gasteiger partial charge is 0.497 e. The zero-order chi connectivity index (χ0) is 18.2. The molecule has 2 aromatic carbocycles. The Morgan fingerprint density at radius 3 is 2.52 bits per heavy atom. The van der Waals surface area contributed by atoms with Gasteiger partial charge in [0.25, 0.3) is 0 Å². The summed E-state index contributed by atoms with van der Waals surface area (Å²) in [7, 11) is 5.89. The van der Waals surface area contributed by atoms with Crippen molar-refractivity contribution in [1.29, 1.82) is 0 Å². The molecule has 0 radical (unpaired) electrons. The maximum Gasteiger partial charge on any atom is 0.166 e. The number of hydrogen-bond acceptors (Lipinski definition) is 2. The molecule has 0 aliphatic heterocycles. The van der Waals surface area contributed by atoms with Crippen LogP contribution in [0.25, 0.3) is 0 Å². The highest BCUT2D eigenvalue weighted by Gasteiger charge is 2.18. The minimum atomic E-state index is -0.237. The van der Waals surface area contributed by atoms with E-state index in [-0.39, 0.29) is 11.9 Å². The van der Waals surface area contributed by atoms with Crippen molar-refractivity contribution in [3.8, 4) is 5.75 Å². The van der Waals surface area contributed by atoms with Crippen LogP contribution in [0.4, 0.5) is 4.39 Å². The molecule has 0 fully saturated rings. The fourth-order valence-corrected chi connectivity index (χ4v) is 2.71. The molecule has 0 saturated heterocycles. The molecule has 0 unspecified atom stereocenters. The van der Waals surface area contributed by atoms with E-state index in [0.29, 0.717) is 18.2 Å². The highest BCUT2D eigenvalue weighted by atomic mass is 32.1. The lowest BCUT2D eigenvalue weighted by Gasteiger charge is -2.23. The lowest BCUT2D eigenvalue weighted by Crippen LogP contribution is -3.07. The highest BCUT2D eigenvalue weighted by Crippen LogP contribution is 2.16. The summed E-state index contributed by atoms with van der Waals surface area (Å²) in [4.78, 5) is 1.29. The predicted octanol–water partition coefficient (Wildman–Crippen LogP) is 1.68. The van der Waals surface area contributed by atoms with Crippen molar-refractivity contribution in [2.75, 3.05) is 27.7 Å². The zero-order valence-corrected chi connectivity index (χ0v) is 15.6. The minimum Gasteiger partial charge on any atom is -0.497 e. The molecule has 3 N–H and O–H groups in total. The van der Waals surface area contributed by atoms with Gasteiger partial charge in [-0.05, 0) is 42.0 Å². The van der Waals surface area contributed by atoms with Gasteiger partial charge >= 0.3 is 0 Å². The second-order valence-electron chi connectivity index (χ2n) is 6.10. The van der Waals surface area contributed by atoms with Gasteiger partial charge in [-0.3, -0.25) is 0 Å². The summed E-state index contributed by atoms with van der Waals surface area (Å²) in [5.74, 6) is 0.611. The molecule has 0 amide bonds. The summed E-state index contributed by atoms with van der Waals surface area (Å²) in [6.07, 6.45) is 0. The van der Waals surface area contributed by atoms with Gasteiger partial charge in [0.05, 0.1) is 27.7 Å².